The minimum Gasteiger partial charge on any atom is -0.781 e. The van der Waals surface area contributed by atoms with Crippen molar-refractivity contribution in [2.45, 2.75) is 0 Å². The van der Waals surface area contributed by atoms with Gasteiger partial charge in [0, 0.05) is 14.2 Å². The Morgan fingerprint density at radius 3 is 1.09 bits per heavy atom. The van der Waals surface area contributed by atoms with Crippen LogP contribution in [0, 0.1) is 0 Å². The Morgan fingerprint density at radius 1 is 1.00 bits per heavy atom. The zero-order chi connectivity index (χ0) is 8.57. The molecule has 0 aliphatic carbocycles. The van der Waals surface area contributed by atoms with E-state index in [1.165, 1.54) is 0 Å². The first kappa shape index (κ1) is 18.0. The molecule has 2 unspecified atom stereocenters. The second kappa shape index (κ2) is 13.6. The summed E-state index contributed by atoms with van der Waals surface area (Å²) in [5.41, 5.74) is 0. The molecule has 0 saturated carbocycles. The first-order valence-electron chi connectivity index (χ1n) is 2.04. The van der Waals surface area contributed by atoms with Gasteiger partial charge in [0.1, 0.15) is 16.5 Å². The maximum atomic E-state index is 9.22. The van der Waals surface area contributed by atoms with Crippen LogP contribution in [0.5, 0.6) is 0 Å². The van der Waals surface area contributed by atoms with Gasteiger partial charge < -0.3 is 28.0 Å². The van der Waals surface area contributed by atoms with Crippen LogP contribution < -0.4 is 9.79 Å². The topological polar surface area (TPSA) is 98.7 Å². The molecule has 0 bridgehead atoms. The third-order valence-corrected chi connectivity index (χ3v) is 1.00. The van der Waals surface area contributed by atoms with E-state index in [1.807, 2.05) is 0 Å². The second-order valence-corrected chi connectivity index (χ2v) is 2.72. The Labute approximate surface area is 82.0 Å². The smallest absolute Gasteiger partial charge is 0.781 e. The normalized spacial score (nSPS) is 13.5. The van der Waals surface area contributed by atoms with Gasteiger partial charge in [0.2, 0.25) is 0 Å². The fourth-order valence-electron chi connectivity index (χ4n) is 0. The van der Waals surface area contributed by atoms with E-state index in [0.29, 0.717) is 0 Å². The summed E-state index contributed by atoms with van der Waals surface area (Å²) in [6.07, 6.45) is 0. The molecule has 0 aromatic heterocycles. The molecule has 0 spiro atoms. The Morgan fingerprint density at radius 2 is 1.09 bits per heavy atom. The molecule has 0 rings (SSSR count). The maximum Gasteiger partial charge on any atom is 2.00 e. The molecule has 0 saturated heterocycles. The van der Waals surface area contributed by atoms with Crippen LogP contribution in [0.2, 0.25) is 0 Å². The van der Waals surface area contributed by atoms with E-state index < -0.39 is 16.5 Å². The number of hydrogen-bond acceptors (Lipinski definition) is 6. The first-order valence-corrected chi connectivity index (χ1v) is 4.49. The number of rotatable bonds is 2. The van der Waals surface area contributed by atoms with Crippen molar-refractivity contribution >= 4 is 39.6 Å². The van der Waals surface area contributed by atoms with E-state index in [-0.39, 0.29) is 23.1 Å². The predicted octanol–water partition coefficient (Wildman–Crippen LogP) is -1.62. The van der Waals surface area contributed by atoms with E-state index >= 15 is 0 Å². The van der Waals surface area contributed by atoms with Gasteiger partial charge in [0.05, 0.1) is 0 Å². The van der Waals surface area contributed by atoms with Gasteiger partial charge in [0.25, 0.3) is 0 Å². The molecule has 0 aromatic carbocycles. The van der Waals surface area contributed by atoms with Crippen molar-refractivity contribution in [3.05, 3.63) is 0 Å². The summed E-state index contributed by atoms with van der Waals surface area (Å²) in [6.45, 7) is 0. The molecule has 9 heteroatoms. The van der Waals surface area contributed by atoms with Crippen molar-refractivity contribution in [1.29, 1.82) is 0 Å². The summed E-state index contributed by atoms with van der Waals surface area (Å²) in [7, 11) is -3.51. The van der Waals surface area contributed by atoms with Crippen molar-refractivity contribution in [3.8, 4) is 0 Å². The van der Waals surface area contributed by atoms with Gasteiger partial charge in [-0.2, -0.15) is 0 Å². The Hall–Kier alpha value is 1.07. The third-order valence-electron chi connectivity index (χ3n) is 0.333. The van der Waals surface area contributed by atoms with E-state index in [0.717, 1.165) is 14.2 Å². The summed E-state index contributed by atoms with van der Waals surface area (Å²) < 4.78 is 25.9. The first-order chi connectivity index (χ1) is 4.54. The van der Waals surface area contributed by atoms with Crippen LogP contribution in [0.15, 0.2) is 0 Å². The fourth-order valence-corrected chi connectivity index (χ4v) is 0. The van der Waals surface area contributed by atoms with Gasteiger partial charge >= 0.3 is 23.1 Å². The molecule has 64 valence electrons. The van der Waals surface area contributed by atoms with Crippen molar-refractivity contribution < 1.29 is 28.0 Å². The molecule has 11 heavy (non-hydrogen) atoms. The molecule has 0 aromatic rings. The molecule has 2 atom stereocenters. The molecule has 0 N–H and O–H groups in total. The zero-order valence-electron chi connectivity index (χ0n) is 6.16. The van der Waals surface area contributed by atoms with E-state index in [2.05, 4.69) is 9.05 Å². The molecule has 0 aliphatic rings. The van der Waals surface area contributed by atoms with Gasteiger partial charge in [-0.1, -0.05) is 0 Å². The van der Waals surface area contributed by atoms with Crippen molar-refractivity contribution in [2.24, 2.45) is 0 Å². The van der Waals surface area contributed by atoms with Gasteiger partial charge in [0.15, 0.2) is 0 Å². The standard InChI is InChI=1S/2CH5O3P.Mg/c2*1-4-5(2)3;/h2*5H,1H3,(H,2,3);/q;;+2/p-2. The molecule has 0 aliphatic heterocycles. The van der Waals surface area contributed by atoms with Crippen LogP contribution in [0.1, 0.15) is 0 Å². The molecule has 0 radical (unpaired) electrons. The summed E-state index contributed by atoms with van der Waals surface area (Å²) in [6, 6.07) is 0. The SMILES string of the molecule is CO[PH](=O)[O-].CO[PH](=O)[O-].[Mg+2]. The minimum absolute atomic E-state index is 0. The quantitative estimate of drug-likeness (QED) is 0.405. The molecule has 0 amide bonds. The summed E-state index contributed by atoms with van der Waals surface area (Å²) in [5, 5.41) is 0. The third kappa shape index (κ3) is 35.4. The molecule has 0 heterocycles. The number of hydrogen-bond donors (Lipinski definition) is 0. The minimum atomic E-state index is -2.87. The van der Waals surface area contributed by atoms with Crippen LogP contribution >= 0.6 is 16.5 Å². The van der Waals surface area contributed by atoms with Crippen molar-refractivity contribution in [3.63, 3.8) is 0 Å². The van der Waals surface area contributed by atoms with Crippen molar-refractivity contribution in [2.75, 3.05) is 14.2 Å². The van der Waals surface area contributed by atoms with Crippen molar-refractivity contribution in [1.82, 2.24) is 0 Å². The van der Waals surface area contributed by atoms with Crippen LogP contribution in [-0.2, 0) is 18.2 Å². The van der Waals surface area contributed by atoms with E-state index in [9.17, 15) is 18.9 Å². The van der Waals surface area contributed by atoms with E-state index in [1.54, 1.807) is 0 Å². The Kier molecular flexibility index (Phi) is 22.3. The maximum absolute atomic E-state index is 9.22. The zero-order valence-corrected chi connectivity index (χ0v) is 9.57. The molecular weight excluding hydrogens is 206 g/mol. The van der Waals surface area contributed by atoms with Gasteiger partial charge in [-0.25, -0.2) is 0 Å². The average molecular weight is 214 g/mol. The van der Waals surface area contributed by atoms with Gasteiger partial charge in [-0.05, 0) is 0 Å². The van der Waals surface area contributed by atoms with Crippen LogP contribution in [-0.4, -0.2) is 37.3 Å². The molecular formula is C2H8MgO6P2. The van der Waals surface area contributed by atoms with Crippen LogP contribution in [0.25, 0.3) is 0 Å². The van der Waals surface area contributed by atoms with Gasteiger partial charge in [-0.15, -0.1) is 0 Å². The Balaban J connectivity index is -0.000000107. The van der Waals surface area contributed by atoms with Crippen LogP contribution in [0.3, 0.4) is 0 Å². The monoisotopic (exact) mass is 214 g/mol. The van der Waals surface area contributed by atoms with E-state index in [4.69, 9.17) is 0 Å². The van der Waals surface area contributed by atoms with Gasteiger partial charge in [-0.3, -0.25) is 0 Å². The summed E-state index contributed by atoms with van der Waals surface area (Å²) in [4.78, 5) is 18.4. The fraction of sp³-hybridized carbons (Fsp3) is 1.00. The molecule has 0 fully saturated rings. The summed E-state index contributed by atoms with van der Waals surface area (Å²) in [5.74, 6) is 0. The second-order valence-electron chi connectivity index (χ2n) is 0.908. The van der Waals surface area contributed by atoms with Crippen LogP contribution in [0.4, 0.5) is 0 Å². The largest absolute Gasteiger partial charge is 2.00 e. The Bertz CT molecular complexity index is 103. The predicted molar refractivity (Wildman–Crippen MR) is 37.8 cm³/mol. The average Bonchev–Trinajstić information content (AvgIpc) is 1.89. The molecule has 6 nitrogen and oxygen atoms in total. The summed E-state index contributed by atoms with van der Waals surface area (Å²) >= 11 is 0.